The molecular weight excluding hydrogens is 132 g/mol. The summed E-state index contributed by atoms with van der Waals surface area (Å²) in [6.45, 7) is 7.26. The first kappa shape index (κ1) is 7.64. The van der Waals surface area contributed by atoms with E-state index in [2.05, 4.69) is 20.8 Å². The minimum atomic E-state index is 0.938. The maximum absolute atomic E-state index is 2.46. The molecule has 0 amide bonds. The molecule has 64 valence electrons. The van der Waals surface area contributed by atoms with Crippen molar-refractivity contribution in [2.45, 2.75) is 40.0 Å². The molecule has 0 aromatic rings. The van der Waals surface area contributed by atoms with Crippen molar-refractivity contribution in [1.29, 1.82) is 0 Å². The molecule has 0 radical (unpaired) electrons. The summed E-state index contributed by atoms with van der Waals surface area (Å²) in [5.41, 5.74) is 0. The van der Waals surface area contributed by atoms with Crippen LogP contribution in [0.5, 0.6) is 0 Å². The van der Waals surface area contributed by atoms with Gasteiger partial charge in [0.2, 0.25) is 0 Å². The normalized spacial score (nSPS) is 49.1. The SMILES string of the molecule is CC(C)C1CC(C)C2CCC12. The van der Waals surface area contributed by atoms with Gasteiger partial charge in [0.15, 0.2) is 0 Å². The number of hydrogen-bond donors (Lipinski definition) is 0. The molecule has 4 atom stereocenters. The first-order valence-electron chi connectivity index (χ1n) is 5.20. The van der Waals surface area contributed by atoms with E-state index < -0.39 is 0 Å². The van der Waals surface area contributed by atoms with Gasteiger partial charge in [-0.05, 0) is 48.9 Å². The molecule has 0 bridgehead atoms. The maximum Gasteiger partial charge on any atom is -0.0352 e. The molecule has 0 aromatic carbocycles. The number of fused-ring (bicyclic) bond motifs is 1. The van der Waals surface area contributed by atoms with Crippen molar-refractivity contribution in [2.24, 2.45) is 29.6 Å². The van der Waals surface area contributed by atoms with Crippen LogP contribution in [0.1, 0.15) is 40.0 Å². The fourth-order valence-electron chi connectivity index (χ4n) is 3.34. The van der Waals surface area contributed by atoms with Crippen LogP contribution in [0.3, 0.4) is 0 Å². The van der Waals surface area contributed by atoms with Gasteiger partial charge < -0.3 is 0 Å². The topological polar surface area (TPSA) is 0 Å². The Morgan fingerprint density at radius 1 is 1.09 bits per heavy atom. The third kappa shape index (κ3) is 1.02. The van der Waals surface area contributed by atoms with E-state index in [0.29, 0.717) is 0 Å². The highest BCUT2D eigenvalue weighted by Gasteiger charge is 2.46. The van der Waals surface area contributed by atoms with Gasteiger partial charge >= 0.3 is 0 Å². The molecule has 11 heavy (non-hydrogen) atoms. The lowest BCUT2D eigenvalue weighted by molar-refractivity contribution is 0.128. The molecule has 0 saturated heterocycles. The van der Waals surface area contributed by atoms with E-state index in [1.165, 1.54) is 19.3 Å². The molecule has 2 fully saturated rings. The summed E-state index contributed by atoms with van der Waals surface area (Å²) in [6, 6.07) is 0. The van der Waals surface area contributed by atoms with E-state index in [4.69, 9.17) is 0 Å². The smallest absolute Gasteiger partial charge is 0.0352 e. The average molecular weight is 152 g/mol. The summed E-state index contributed by atoms with van der Waals surface area (Å²) in [4.78, 5) is 0. The summed E-state index contributed by atoms with van der Waals surface area (Å²) in [5.74, 6) is 5.31. The molecule has 0 nitrogen and oxygen atoms in total. The molecule has 0 heteroatoms. The van der Waals surface area contributed by atoms with Gasteiger partial charge in [0.1, 0.15) is 0 Å². The van der Waals surface area contributed by atoms with Gasteiger partial charge in [-0.25, -0.2) is 0 Å². The van der Waals surface area contributed by atoms with Crippen molar-refractivity contribution >= 4 is 0 Å². The average Bonchev–Trinajstić information content (AvgIpc) is 2.02. The second-order valence-electron chi connectivity index (χ2n) is 5.03. The Kier molecular flexibility index (Phi) is 1.74. The molecule has 0 spiro atoms. The zero-order valence-electron chi connectivity index (χ0n) is 8.01. The van der Waals surface area contributed by atoms with Crippen LogP contribution in [-0.2, 0) is 0 Å². The third-order valence-corrected chi connectivity index (χ3v) is 4.16. The van der Waals surface area contributed by atoms with Crippen LogP contribution in [0.4, 0.5) is 0 Å². The third-order valence-electron chi connectivity index (χ3n) is 4.16. The largest absolute Gasteiger partial charge is 0.0625 e. The van der Waals surface area contributed by atoms with Crippen LogP contribution in [0, 0.1) is 29.6 Å². The first-order valence-corrected chi connectivity index (χ1v) is 5.20. The standard InChI is InChI=1S/C11H20/c1-7(2)11-6-8(3)9-4-5-10(9)11/h7-11H,4-6H2,1-3H3. The highest BCUT2D eigenvalue weighted by molar-refractivity contribution is 4.96. The zero-order valence-corrected chi connectivity index (χ0v) is 8.01. The van der Waals surface area contributed by atoms with Crippen molar-refractivity contribution in [1.82, 2.24) is 0 Å². The molecule has 2 aliphatic carbocycles. The molecule has 2 rings (SSSR count). The van der Waals surface area contributed by atoms with E-state index in [1.807, 2.05) is 0 Å². The van der Waals surface area contributed by atoms with E-state index in [1.54, 1.807) is 0 Å². The lowest BCUT2D eigenvalue weighted by atomic mass is 9.69. The van der Waals surface area contributed by atoms with Crippen LogP contribution in [0.15, 0.2) is 0 Å². The van der Waals surface area contributed by atoms with Crippen LogP contribution < -0.4 is 0 Å². The number of rotatable bonds is 1. The van der Waals surface area contributed by atoms with Crippen LogP contribution >= 0.6 is 0 Å². The molecular formula is C11H20. The molecule has 0 heterocycles. The van der Waals surface area contributed by atoms with Gasteiger partial charge in [0.05, 0.1) is 0 Å². The van der Waals surface area contributed by atoms with Crippen LogP contribution in [-0.4, -0.2) is 0 Å². The van der Waals surface area contributed by atoms with Crippen molar-refractivity contribution in [3.63, 3.8) is 0 Å². The molecule has 0 aliphatic heterocycles. The van der Waals surface area contributed by atoms with Crippen molar-refractivity contribution in [3.05, 3.63) is 0 Å². The predicted molar refractivity (Wildman–Crippen MR) is 48.3 cm³/mol. The summed E-state index contributed by atoms with van der Waals surface area (Å²) in [5, 5.41) is 0. The molecule has 4 unspecified atom stereocenters. The van der Waals surface area contributed by atoms with E-state index in [0.717, 1.165) is 29.6 Å². The Morgan fingerprint density at radius 2 is 1.73 bits per heavy atom. The Bertz CT molecular complexity index is 148. The van der Waals surface area contributed by atoms with Crippen LogP contribution in [0.25, 0.3) is 0 Å². The summed E-state index contributed by atoms with van der Waals surface area (Å²) < 4.78 is 0. The first-order chi connectivity index (χ1) is 5.20. The highest BCUT2D eigenvalue weighted by Crippen LogP contribution is 2.55. The second-order valence-corrected chi connectivity index (χ2v) is 5.03. The van der Waals surface area contributed by atoms with Gasteiger partial charge in [-0.15, -0.1) is 0 Å². The Morgan fingerprint density at radius 3 is 2.00 bits per heavy atom. The van der Waals surface area contributed by atoms with Gasteiger partial charge in [-0.1, -0.05) is 20.8 Å². The summed E-state index contributed by atoms with van der Waals surface area (Å²) >= 11 is 0. The number of hydrogen-bond acceptors (Lipinski definition) is 0. The van der Waals surface area contributed by atoms with E-state index in [-0.39, 0.29) is 0 Å². The zero-order chi connectivity index (χ0) is 8.01. The summed E-state index contributed by atoms with van der Waals surface area (Å²) in [7, 11) is 0. The molecule has 2 aliphatic rings. The molecule has 2 saturated carbocycles. The van der Waals surface area contributed by atoms with Crippen LogP contribution in [0.2, 0.25) is 0 Å². The van der Waals surface area contributed by atoms with Crippen molar-refractivity contribution < 1.29 is 0 Å². The minimum absolute atomic E-state index is 0.938. The predicted octanol–water partition coefficient (Wildman–Crippen LogP) is 3.32. The molecule has 0 aromatic heterocycles. The Hall–Kier alpha value is 0. The van der Waals surface area contributed by atoms with Crippen molar-refractivity contribution in [3.8, 4) is 0 Å². The van der Waals surface area contributed by atoms with Gasteiger partial charge in [0, 0.05) is 0 Å². The van der Waals surface area contributed by atoms with Gasteiger partial charge in [-0.2, -0.15) is 0 Å². The minimum Gasteiger partial charge on any atom is -0.0625 e. The highest BCUT2D eigenvalue weighted by atomic mass is 14.5. The monoisotopic (exact) mass is 152 g/mol. The quantitative estimate of drug-likeness (QED) is 0.540. The Labute approximate surface area is 70.4 Å². The lowest BCUT2D eigenvalue weighted by Gasteiger charge is -2.37. The van der Waals surface area contributed by atoms with Gasteiger partial charge in [-0.3, -0.25) is 0 Å². The molecule has 0 N–H and O–H groups in total. The van der Waals surface area contributed by atoms with Crippen molar-refractivity contribution in [2.75, 3.05) is 0 Å². The van der Waals surface area contributed by atoms with E-state index >= 15 is 0 Å². The van der Waals surface area contributed by atoms with Gasteiger partial charge in [0.25, 0.3) is 0 Å². The second kappa shape index (κ2) is 2.50. The maximum atomic E-state index is 2.46. The summed E-state index contributed by atoms with van der Waals surface area (Å²) in [6.07, 6.45) is 4.60. The Balaban J connectivity index is 2.04. The fraction of sp³-hybridized carbons (Fsp3) is 1.00. The fourth-order valence-corrected chi connectivity index (χ4v) is 3.34. The van der Waals surface area contributed by atoms with E-state index in [9.17, 15) is 0 Å². The lowest BCUT2D eigenvalue weighted by Crippen LogP contribution is -2.28.